The Morgan fingerprint density at radius 3 is 2.80 bits per heavy atom. The number of aliphatic hydroxyl groups excluding tert-OH is 1. The molecule has 0 heterocycles. The van der Waals surface area contributed by atoms with Crippen LogP contribution in [0.25, 0.3) is 0 Å². The highest BCUT2D eigenvalue weighted by Gasteiger charge is 2.24. The molecular formula is C12H16FNO. The van der Waals surface area contributed by atoms with Crippen molar-refractivity contribution in [1.82, 2.24) is 0 Å². The summed E-state index contributed by atoms with van der Waals surface area (Å²) in [6.07, 6.45) is 2.53. The fraction of sp³-hybridized carbons (Fsp3) is 0.500. The van der Waals surface area contributed by atoms with E-state index in [1.165, 1.54) is 6.07 Å². The lowest BCUT2D eigenvalue weighted by atomic mass is 10.1. The Kier molecular flexibility index (Phi) is 2.91. The first kappa shape index (κ1) is 10.4. The van der Waals surface area contributed by atoms with E-state index in [9.17, 15) is 9.50 Å². The molecule has 2 nitrogen and oxygen atoms in total. The first-order valence-electron chi connectivity index (χ1n) is 5.37. The van der Waals surface area contributed by atoms with Crippen LogP contribution in [0.3, 0.4) is 0 Å². The molecule has 2 rings (SSSR count). The van der Waals surface area contributed by atoms with Crippen LogP contribution < -0.4 is 5.32 Å². The molecule has 1 aliphatic rings. The standard InChI is InChI=1S/C12H16FNO/c1-8-5-6-9(7-10(8)13)14-11-3-2-4-12(11)15/h5-7,11-12,14-15H,2-4H2,1H3/t11-,12-/m0/s1. The molecule has 0 unspecified atom stereocenters. The van der Waals surface area contributed by atoms with E-state index < -0.39 is 0 Å². The Hall–Kier alpha value is -1.09. The van der Waals surface area contributed by atoms with E-state index in [0.717, 1.165) is 24.9 Å². The number of halogens is 1. The van der Waals surface area contributed by atoms with Crippen LogP contribution in [0.15, 0.2) is 18.2 Å². The maximum atomic E-state index is 13.2. The first-order chi connectivity index (χ1) is 7.16. The number of hydrogen-bond acceptors (Lipinski definition) is 2. The average molecular weight is 209 g/mol. The van der Waals surface area contributed by atoms with Gasteiger partial charge >= 0.3 is 0 Å². The number of aliphatic hydroxyl groups is 1. The molecule has 1 aromatic carbocycles. The van der Waals surface area contributed by atoms with E-state index in [2.05, 4.69) is 5.32 Å². The fourth-order valence-corrected chi connectivity index (χ4v) is 2.01. The summed E-state index contributed by atoms with van der Waals surface area (Å²) in [5.41, 5.74) is 1.40. The minimum Gasteiger partial charge on any atom is -0.391 e. The lowest BCUT2D eigenvalue weighted by Crippen LogP contribution is -2.27. The third-order valence-electron chi connectivity index (χ3n) is 3.00. The highest BCUT2D eigenvalue weighted by molar-refractivity contribution is 5.46. The monoisotopic (exact) mass is 209 g/mol. The zero-order valence-electron chi connectivity index (χ0n) is 8.83. The molecule has 0 aromatic heterocycles. The van der Waals surface area contributed by atoms with Gasteiger partial charge in [-0.2, -0.15) is 0 Å². The number of benzene rings is 1. The van der Waals surface area contributed by atoms with Crippen LogP contribution in [-0.4, -0.2) is 17.3 Å². The quantitative estimate of drug-likeness (QED) is 0.784. The molecule has 1 aliphatic carbocycles. The molecule has 1 aromatic rings. The predicted octanol–water partition coefficient (Wildman–Crippen LogP) is 2.46. The van der Waals surface area contributed by atoms with Crippen molar-refractivity contribution in [2.45, 2.75) is 38.3 Å². The van der Waals surface area contributed by atoms with Gasteiger partial charge in [0.1, 0.15) is 5.82 Å². The summed E-state index contributed by atoms with van der Waals surface area (Å²) in [5, 5.41) is 12.8. The molecule has 15 heavy (non-hydrogen) atoms. The van der Waals surface area contributed by atoms with Crippen molar-refractivity contribution in [2.24, 2.45) is 0 Å². The van der Waals surface area contributed by atoms with E-state index in [4.69, 9.17) is 0 Å². The summed E-state index contributed by atoms with van der Waals surface area (Å²) in [6.45, 7) is 1.74. The third kappa shape index (κ3) is 2.29. The zero-order valence-corrected chi connectivity index (χ0v) is 8.83. The van der Waals surface area contributed by atoms with Crippen LogP contribution in [0.4, 0.5) is 10.1 Å². The fourth-order valence-electron chi connectivity index (χ4n) is 2.01. The lowest BCUT2D eigenvalue weighted by molar-refractivity contribution is 0.172. The van der Waals surface area contributed by atoms with Crippen LogP contribution in [0.1, 0.15) is 24.8 Å². The summed E-state index contributed by atoms with van der Waals surface area (Å²) in [7, 11) is 0. The average Bonchev–Trinajstić information content (AvgIpc) is 2.59. The van der Waals surface area contributed by atoms with Gasteiger partial charge in [-0.3, -0.25) is 0 Å². The highest BCUT2D eigenvalue weighted by Crippen LogP contribution is 2.23. The molecule has 0 saturated heterocycles. The maximum Gasteiger partial charge on any atom is 0.128 e. The summed E-state index contributed by atoms with van der Waals surface area (Å²) in [4.78, 5) is 0. The number of hydrogen-bond donors (Lipinski definition) is 2. The zero-order chi connectivity index (χ0) is 10.8. The van der Waals surface area contributed by atoms with Crippen molar-refractivity contribution in [2.75, 3.05) is 5.32 Å². The molecule has 0 amide bonds. The normalized spacial score (nSPS) is 25.5. The van der Waals surface area contributed by atoms with E-state index in [1.54, 1.807) is 13.0 Å². The van der Waals surface area contributed by atoms with Crippen LogP contribution >= 0.6 is 0 Å². The second-order valence-corrected chi connectivity index (χ2v) is 4.21. The number of aryl methyl sites for hydroxylation is 1. The van der Waals surface area contributed by atoms with Gasteiger partial charge < -0.3 is 10.4 Å². The van der Waals surface area contributed by atoms with Gasteiger partial charge in [-0.05, 0) is 43.9 Å². The molecular weight excluding hydrogens is 193 g/mol. The maximum absolute atomic E-state index is 13.2. The SMILES string of the molecule is Cc1ccc(N[C@H]2CCC[C@@H]2O)cc1F. The second kappa shape index (κ2) is 4.19. The van der Waals surface area contributed by atoms with Gasteiger partial charge in [0, 0.05) is 5.69 Å². The predicted molar refractivity (Wildman–Crippen MR) is 58.4 cm³/mol. The van der Waals surface area contributed by atoms with Gasteiger partial charge in [0.15, 0.2) is 0 Å². The molecule has 0 radical (unpaired) electrons. The summed E-state index contributed by atoms with van der Waals surface area (Å²) in [6, 6.07) is 5.16. The molecule has 0 aliphatic heterocycles. The lowest BCUT2D eigenvalue weighted by Gasteiger charge is -2.17. The Morgan fingerprint density at radius 2 is 2.20 bits per heavy atom. The van der Waals surface area contributed by atoms with Gasteiger partial charge in [0.25, 0.3) is 0 Å². The van der Waals surface area contributed by atoms with Gasteiger partial charge in [-0.1, -0.05) is 6.07 Å². The molecule has 2 N–H and O–H groups in total. The molecule has 0 bridgehead atoms. The molecule has 82 valence electrons. The van der Waals surface area contributed by atoms with E-state index >= 15 is 0 Å². The van der Waals surface area contributed by atoms with Crippen molar-refractivity contribution in [3.63, 3.8) is 0 Å². The topological polar surface area (TPSA) is 32.3 Å². The van der Waals surface area contributed by atoms with Crippen LogP contribution in [0, 0.1) is 12.7 Å². The van der Waals surface area contributed by atoms with Crippen molar-refractivity contribution in [1.29, 1.82) is 0 Å². The van der Waals surface area contributed by atoms with Crippen molar-refractivity contribution < 1.29 is 9.50 Å². The van der Waals surface area contributed by atoms with Crippen LogP contribution in [-0.2, 0) is 0 Å². The Bertz CT molecular complexity index is 353. The molecule has 1 fully saturated rings. The summed E-state index contributed by atoms with van der Waals surface area (Å²) in [5.74, 6) is -0.201. The number of anilines is 1. The minimum atomic E-state index is -0.297. The Labute approximate surface area is 89.1 Å². The van der Waals surface area contributed by atoms with Gasteiger partial charge in [0.05, 0.1) is 12.1 Å². The van der Waals surface area contributed by atoms with E-state index in [1.807, 2.05) is 6.07 Å². The smallest absolute Gasteiger partial charge is 0.128 e. The van der Waals surface area contributed by atoms with Crippen molar-refractivity contribution in [3.05, 3.63) is 29.6 Å². The van der Waals surface area contributed by atoms with Gasteiger partial charge in [0.2, 0.25) is 0 Å². The minimum absolute atomic E-state index is 0.0760. The van der Waals surface area contributed by atoms with Gasteiger partial charge in [-0.25, -0.2) is 4.39 Å². The van der Waals surface area contributed by atoms with Crippen LogP contribution in [0.5, 0.6) is 0 Å². The van der Waals surface area contributed by atoms with Crippen molar-refractivity contribution >= 4 is 5.69 Å². The number of nitrogens with one attached hydrogen (secondary N) is 1. The molecule has 3 heteroatoms. The van der Waals surface area contributed by atoms with Crippen LogP contribution in [0.2, 0.25) is 0 Å². The Morgan fingerprint density at radius 1 is 1.40 bits per heavy atom. The molecule has 2 atom stereocenters. The molecule has 0 spiro atoms. The second-order valence-electron chi connectivity index (χ2n) is 4.21. The molecule has 1 saturated carbocycles. The largest absolute Gasteiger partial charge is 0.391 e. The van der Waals surface area contributed by atoms with Crippen molar-refractivity contribution in [3.8, 4) is 0 Å². The Balaban J connectivity index is 2.07. The summed E-state index contributed by atoms with van der Waals surface area (Å²) >= 11 is 0. The summed E-state index contributed by atoms with van der Waals surface area (Å²) < 4.78 is 13.2. The third-order valence-corrected chi connectivity index (χ3v) is 3.00. The highest BCUT2D eigenvalue weighted by atomic mass is 19.1. The van der Waals surface area contributed by atoms with E-state index in [-0.39, 0.29) is 18.0 Å². The first-order valence-corrected chi connectivity index (χ1v) is 5.37. The van der Waals surface area contributed by atoms with Gasteiger partial charge in [-0.15, -0.1) is 0 Å². The number of rotatable bonds is 2. The van der Waals surface area contributed by atoms with E-state index in [0.29, 0.717) is 5.56 Å².